The van der Waals surface area contributed by atoms with Gasteiger partial charge in [0.25, 0.3) is 5.91 Å². The molecule has 0 unspecified atom stereocenters. The van der Waals surface area contributed by atoms with Crippen LogP contribution in [0.2, 0.25) is 0 Å². The van der Waals surface area contributed by atoms with Gasteiger partial charge in [-0.3, -0.25) is 9.59 Å². The molecule has 28 heavy (non-hydrogen) atoms. The third-order valence-corrected chi connectivity index (χ3v) is 3.97. The Morgan fingerprint density at radius 3 is 2.29 bits per heavy atom. The number of carboxylic acid groups (broad SMARTS) is 1. The highest BCUT2D eigenvalue weighted by atomic mass is 16.5. The predicted molar refractivity (Wildman–Crippen MR) is 102 cm³/mol. The highest BCUT2D eigenvalue weighted by Gasteiger charge is 2.21. The van der Waals surface area contributed by atoms with E-state index < -0.39 is 23.8 Å². The molecule has 8 heteroatoms. The van der Waals surface area contributed by atoms with Crippen LogP contribution in [0.3, 0.4) is 0 Å². The van der Waals surface area contributed by atoms with Gasteiger partial charge in [-0.05, 0) is 23.8 Å². The number of carbonyl (C=O) groups is 3. The van der Waals surface area contributed by atoms with E-state index in [1.54, 1.807) is 30.3 Å². The molecular formula is C20H22N2O6. The number of hydrogen-bond donors (Lipinski definition) is 3. The van der Waals surface area contributed by atoms with Crippen LogP contribution in [0.25, 0.3) is 0 Å². The van der Waals surface area contributed by atoms with Crippen molar-refractivity contribution in [2.75, 3.05) is 20.8 Å². The van der Waals surface area contributed by atoms with Gasteiger partial charge >= 0.3 is 5.97 Å². The average Bonchev–Trinajstić information content (AvgIpc) is 2.71. The van der Waals surface area contributed by atoms with Gasteiger partial charge in [0.15, 0.2) is 11.5 Å². The van der Waals surface area contributed by atoms with Gasteiger partial charge in [-0.15, -0.1) is 0 Å². The summed E-state index contributed by atoms with van der Waals surface area (Å²) in [6, 6.07) is 12.5. The van der Waals surface area contributed by atoms with Crippen molar-refractivity contribution in [3.05, 3.63) is 59.7 Å². The normalized spacial score (nSPS) is 11.2. The molecule has 0 aromatic heterocycles. The molecule has 2 rings (SSSR count). The third-order valence-electron chi connectivity index (χ3n) is 3.97. The molecule has 0 aliphatic carbocycles. The van der Waals surface area contributed by atoms with Gasteiger partial charge < -0.3 is 25.2 Å². The van der Waals surface area contributed by atoms with Crippen LogP contribution in [0.5, 0.6) is 11.5 Å². The fourth-order valence-electron chi connectivity index (χ4n) is 2.54. The molecule has 2 amide bonds. The summed E-state index contributed by atoms with van der Waals surface area (Å²) in [5, 5.41) is 14.2. The molecular weight excluding hydrogens is 364 g/mol. The third kappa shape index (κ3) is 5.73. The molecule has 0 spiro atoms. The second-order valence-electron chi connectivity index (χ2n) is 5.90. The summed E-state index contributed by atoms with van der Waals surface area (Å²) in [5.41, 5.74) is 1.06. The Hall–Kier alpha value is -3.55. The Bertz CT molecular complexity index is 838. The van der Waals surface area contributed by atoms with Crippen molar-refractivity contribution in [3.63, 3.8) is 0 Å². The summed E-state index contributed by atoms with van der Waals surface area (Å²) in [7, 11) is 2.93. The Morgan fingerprint density at radius 2 is 1.68 bits per heavy atom. The zero-order valence-electron chi connectivity index (χ0n) is 15.6. The highest BCUT2D eigenvalue weighted by Crippen LogP contribution is 2.27. The molecule has 0 aliphatic rings. The second-order valence-corrected chi connectivity index (χ2v) is 5.90. The zero-order chi connectivity index (χ0) is 20.5. The molecule has 0 fully saturated rings. The Morgan fingerprint density at radius 1 is 1.00 bits per heavy atom. The summed E-state index contributed by atoms with van der Waals surface area (Å²) in [4.78, 5) is 35.7. The van der Waals surface area contributed by atoms with Crippen LogP contribution in [0.1, 0.15) is 15.9 Å². The van der Waals surface area contributed by atoms with E-state index in [2.05, 4.69) is 10.6 Å². The van der Waals surface area contributed by atoms with E-state index in [1.807, 2.05) is 6.07 Å². The van der Waals surface area contributed by atoms with Crippen molar-refractivity contribution in [2.45, 2.75) is 12.5 Å². The summed E-state index contributed by atoms with van der Waals surface area (Å²) >= 11 is 0. The molecule has 0 saturated carbocycles. The smallest absolute Gasteiger partial charge is 0.326 e. The maximum Gasteiger partial charge on any atom is 0.326 e. The van der Waals surface area contributed by atoms with Crippen LogP contribution < -0.4 is 20.1 Å². The molecule has 0 bridgehead atoms. The number of carboxylic acids is 1. The van der Waals surface area contributed by atoms with E-state index in [9.17, 15) is 19.5 Å². The topological polar surface area (TPSA) is 114 Å². The van der Waals surface area contributed by atoms with E-state index in [4.69, 9.17) is 9.47 Å². The maximum atomic E-state index is 12.2. The quantitative estimate of drug-likeness (QED) is 0.598. The monoisotopic (exact) mass is 386 g/mol. The predicted octanol–water partition coefficient (Wildman–Crippen LogP) is 1.25. The molecule has 2 aromatic rings. The summed E-state index contributed by atoms with van der Waals surface area (Å²) < 4.78 is 10.2. The number of methoxy groups -OCH3 is 2. The lowest BCUT2D eigenvalue weighted by Crippen LogP contribution is -2.46. The Labute approximate surface area is 162 Å². The van der Waals surface area contributed by atoms with Crippen molar-refractivity contribution >= 4 is 17.8 Å². The number of rotatable bonds is 9. The van der Waals surface area contributed by atoms with Gasteiger partial charge in [-0.1, -0.05) is 30.3 Å². The van der Waals surface area contributed by atoms with E-state index in [-0.39, 0.29) is 18.5 Å². The van der Waals surface area contributed by atoms with Crippen molar-refractivity contribution < 1.29 is 29.0 Å². The molecule has 0 radical (unpaired) electrons. The Balaban J connectivity index is 1.93. The number of amides is 2. The molecule has 1 atom stereocenters. The largest absolute Gasteiger partial charge is 0.493 e. The van der Waals surface area contributed by atoms with Gasteiger partial charge in [0.05, 0.1) is 20.8 Å². The van der Waals surface area contributed by atoms with Gasteiger partial charge in [0.2, 0.25) is 5.91 Å². The summed E-state index contributed by atoms with van der Waals surface area (Å²) in [5.74, 6) is -1.39. The molecule has 0 saturated heterocycles. The number of nitrogens with one attached hydrogen (secondary N) is 2. The lowest BCUT2D eigenvalue weighted by atomic mass is 10.1. The van der Waals surface area contributed by atoms with Crippen molar-refractivity contribution in [2.24, 2.45) is 0 Å². The highest BCUT2D eigenvalue weighted by molar-refractivity contribution is 5.97. The van der Waals surface area contributed by atoms with Crippen LogP contribution in [-0.4, -0.2) is 49.7 Å². The van der Waals surface area contributed by atoms with Gasteiger partial charge in [-0.25, -0.2) is 4.79 Å². The molecule has 0 aliphatic heterocycles. The van der Waals surface area contributed by atoms with E-state index in [0.29, 0.717) is 11.5 Å². The first-order valence-electron chi connectivity index (χ1n) is 8.51. The van der Waals surface area contributed by atoms with Crippen LogP contribution in [0, 0.1) is 0 Å². The van der Waals surface area contributed by atoms with E-state index in [1.165, 1.54) is 26.4 Å². The number of hydrogen-bond acceptors (Lipinski definition) is 5. The van der Waals surface area contributed by atoms with Crippen molar-refractivity contribution in [1.29, 1.82) is 0 Å². The zero-order valence-corrected chi connectivity index (χ0v) is 15.6. The number of ether oxygens (including phenoxy) is 2. The minimum atomic E-state index is -1.15. The van der Waals surface area contributed by atoms with E-state index in [0.717, 1.165) is 5.56 Å². The van der Waals surface area contributed by atoms with Crippen molar-refractivity contribution in [3.8, 4) is 11.5 Å². The van der Waals surface area contributed by atoms with Gasteiger partial charge in [0, 0.05) is 12.0 Å². The first-order chi connectivity index (χ1) is 13.4. The van der Waals surface area contributed by atoms with Gasteiger partial charge in [0.1, 0.15) is 6.04 Å². The lowest BCUT2D eigenvalue weighted by Gasteiger charge is -2.15. The number of benzene rings is 2. The van der Waals surface area contributed by atoms with E-state index >= 15 is 0 Å². The standard InChI is InChI=1S/C20H22N2O6/c1-27-16-9-8-14(11-17(16)28-2)19(24)21-12-18(23)22-15(20(25)26)10-13-6-4-3-5-7-13/h3-9,11,15H,10,12H2,1-2H3,(H,21,24)(H,22,23)(H,25,26)/t15-/m0/s1. The van der Waals surface area contributed by atoms with Crippen molar-refractivity contribution in [1.82, 2.24) is 10.6 Å². The Kier molecular flexibility index (Phi) is 7.38. The average molecular weight is 386 g/mol. The molecule has 8 nitrogen and oxygen atoms in total. The number of aliphatic carboxylic acids is 1. The second kappa shape index (κ2) is 9.96. The molecule has 3 N–H and O–H groups in total. The van der Waals surface area contributed by atoms with Crippen LogP contribution >= 0.6 is 0 Å². The number of carbonyl (C=O) groups excluding carboxylic acids is 2. The first kappa shape index (κ1) is 20.8. The molecule has 0 heterocycles. The van der Waals surface area contributed by atoms with Crippen LogP contribution in [0.4, 0.5) is 0 Å². The van der Waals surface area contributed by atoms with Crippen LogP contribution in [0.15, 0.2) is 48.5 Å². The minimum absolute atomic E-state index is 0.144. The first-order valence-corrected chi connectivity index (χ1v) is 8.51. The van der Waals surface area contributed by atoms with Gasteiger partial charge in [-0.2, -0.15) is 0 Å². The fraction of sp³-hybridized carbons (Fsp3) is 0.250. The summed E-state index contributed by atoms with van der Waals surface area (Å²) in [6.45, 7) is -0.355. The minimum Gasteiger partial charge on any atom is -0.493 e. The molecule has 148 valence electrons. The summed E-state index contributed by atoms with van der Waals surface area (Å²) in [6.07, 6.45) is 0.144. The van der Waals surface area contributed by atoms with Crippen LogP contribution in [-0.2, 0) is 16.0 Å². The SMILES string of the molecule is COc1ccc(C(=O)NCC(=O)N[C@@H](Cc2ccccc2)C(=O)O)cc1OC. The fourth-order valence-corrected chi connectivity index (χ4v) is 2.54. The molecule has 2 aromatic carbocycles. The maximum absolute atomic E-state index is 12.2. The lowest BCUT2D eigenvalue weighted by molar-refractivity contribution is -0.141.